The zero-order valence-electron chi connectivity index (χ0n) is 18.6. The van der Waals surface area contributed by atoms with E-state index in [9.17, 15) is 19.2 Å². The fourth-order valence-corrected chi connectivity index (χ4v) is 3.69. The van der Waals surface area contributed by atoms with Gasteiger partial charge in [-0.05, 0) is 54.6 Å². The lowest BCUT2D eigenvalue weighted by Crippen LogP contribution is -2.40. The van der Waals surface area contributed by atoms with Crippen LogP contribution >= 0.6 is 0 Å². The maximum atomic E-state index is 13.1. The van der Waals surface area contributed by atoms with Crippen molar-refractivity contribution in [2.75, 3.05) is 11.5 Å². The Morgan fingerprint density at radius 1 is 0.879 bits per heavy atom. The third-order valence-electron chi connectivity index (χ3n) is 5.86. The van der Waals surface area contributed by atoms with E-state index in [2.05, 4.69) is 5.32 Å². The van der Waals surface area contributed by atoms with Crippen molar-refractivity contribution in [3.8, 4) is 0 Å². The number of rotatable bonds is 6. The summed E-state index contributed by atoms with van der Waals surface area (Å²) in [6.07, 6.45) is 0. The second-order valence-corrected chi connectivity index (χ2v) is 8.38. The molecule has 3 aromatic rings. The zero-order valence-corrected chi connectivity index (χ0v) is 18.6. The predicted molar refractivity (Wildman–Crippen MR) is 124 cm³/mol. The van der Waals surface area contributed by atoms with Crippen LogP contribution in [0, 0.1) is 5.92 Å². The van der Waals surface area contributed by atoms with Crippen molar-refractivity contribution in [3.05, 3.63) is 77.4 Å². The molecule has 0 saturated carbocycles. The minimum atomic E-state index is -0.666. The summed E-state index contributed by atoms with van der Waals surface area (Å²) in [7, 11) is 0. The molecule has 0 bridgehead atoms. The minimum absolute atomic E-state index is 0.0360. The van der Waals surface area contributed by atoms with E-state index in [0.717, 1.165) is 10.3 Å². The van der Waals surface area contributed by atoms with Crippen molar-refractivity contribution < 1.29 is 23.9 Å². The summed E-state index contributed by atoms with van der Waals surface area (Å²) in [5.41, 5.74) is 1.46. The SMILES string of the molecule is CC(C)[C@@H](C)NC(=O)COC(=O)c1ccc(N2C(=O)c3cccc4cccc(c34)C2=O)cc1. The van der Waals surface area contributed by atoms with Gasteiger partial charge in [-0.3, -0.25) is 14.4 Å². The van der Waals surface area contributed by atoms with E-state index in [1.807, 2.05) is 32.9 Å². The molecule has 0 unspecified atom stereocenters. The highest BCUT2D eigenvalue weighted by atomic mass is 16.5. The Bertz CT molecular complexity index is 1210. The van der Waals surface area contributed by atoms with Gasteiger partial charge in [0.25, 0.3) is 17.7 Å². The molecule has 3 amide bonds. The van der Waals surface area contributed by atoms with Crippen molar-refractivity contribution in [3.63, 3.8) is 0 Å². The van der Waals surface area contributed by atoms with Crippen LogP contribution in [0.25, 0.3) is 10.8 Å². The third-order valence-corrected chi connectivity index (χ3v) is 5.86. The number of imide groups is 1. The molecule has 0 fully saturated rings. The second-order valence-electron chi connectivity index (χ2n) is 8.38. The van der Waals surface area contributed by atoms with Gasteiger partial charge in [0, 0.05) is 22.6 Å². The average Bonchev–Trinajstić information content (AvgIpc) is 2.81. The van der Waals surface area contributed by atoms with Crippen LogP contribution in [0.15, 0.2) is 60.7 Å². The van der Waals surface area contributed by atoms with Gasteiger partial charge in [-0.15, -0.1) is 0 Å². The fourth-order valence-electron chi connectivity index (χ4n) is 3.69. The molecule has 0 saturated heterocycles. The fraction of sp³-hybridized carbons (Fsp3) is 0.231. The number of carbonyl (C=O) groups is 4. The van der Waals surface area contributed by atoms with Gasteiger partial charge in [-0.1, -0.05) is 38.1 Å². The molecule has 1 heterocycles. The van der Waals surface area contributed by atoms with Crippen LogP contribution in [0.4, 0.5) is 5.69 Å². The highest BCUT2D eigenvalue weighted by molar-refractivity contribution is 6.35. The first-order valence-corrected chi connectivity index (χ1v) is 10.7. The number of hydrogen-bond acceptors (Lipinski definition) is 5. The standard InChI is InChI=1S/C26H24N2O5/c1-15(2)16(3)27-22(29)14-33-26(32)18-10-12-19(13-11-18)28-24(30)20-8-4-6-17-7-5-9-21(23(17)20)25(28)31/h4-13,15-16H,14H2,1-3H3,(H,27,29)/t16-/m1/s1. The van der Waals surface area contributed by atoms with Gasteiger partial charge < -0.3 is 10.1 Å². The van der Waals surface area contributed by atoms with E-state index in [1.165, 1.54) is 24.3 Å². The molecule has 1 N–H and O–H groups in total. The van der Waals surface area contributed by atoms with Gasteiger partial charge in [0.1, 0.15) is 0 Å². The van der Waals surface area contributed by atoms with Crippen LogP contribution < -0.4 is 10.2 Å². The monoisotopic (exact) mass is 444 g/mol. The van der Waals surface area contributed by atoms with Crippen molar-refractivity contribution in [2.24, 2.45) is 5.92 Å². The lowest BCUT2D eigenvalue weighted by molar-refractivity contribution is -0.125. The molecule has 0 aliphatic carbocycles. The van der Waals surface area contributed by atoms with E-state index in [0.29, 0.717) is 22.2 Å². The topological polar surface area (TPSA) is 92.8 Å². The zero-order chi connectivity index (χ0) is 23.7. The Labute approximate surface area is 191 Å². The van der Waals surface area contributed by atoms with Crippen molar-refractivity contribution >= 4 is 40.2 Å². The summed E-state index contributed by atoms with van der Waals surface area (Å²) in [6.45, 7) is 5.46. The van der Waals surface area contributed by atoms with Crippen molar-refractivity contribution in [2.45, 2.75) is 26.8 Å². The molecular weight excluding hydrogens is 420 g/mol. The van der Waals surface area contributed by atoms with Crippen LogP contribution in [0.2, 0.25) is 0 Å². The molecule has 0 spiro atoms. The lowest BCUT2D eigenvalue weighted by atomic mass is 9.94. The summed E-state index contributed by atoms with van der Waals surface area (Å²) >= 11 is 0. The first-order valence-electron chi connectivity index (χ1n) is 10.7. The number of benzene rings is 3. The van der Waals surface area contributed by atoms with Gasteiger partial charge in [0.05, 0.1) is 11.3 Å². The highest BCUT2D eigenvalue weighted by Gasteiger charge is 2.33. The summed E-state index contributed by atoms with van der Waals surface area (Å²) in [5.74, 6) is -1.62. The van der Waals surface area contributed by atoms with Crippen LogP contribution in [-0.4, -0.2) is 36.3 Å². The smallest absolute Gasteiger partial charge is 0.338 e. The van der Waals surface area contributed by atoms with E-state index < -0.39 is 17.8 Å². The van der Waals surface area contributed by atoms with Crippen LogP contribution in [-0.2, 0) is 9.53 Å². The van der Waals surface area contributed by atoms with E-state index in [-0.39, 0.29) is 30.0 Å². The molecule has 3 aromatic carbocycles. The minimum Gasteiger partial charge on any atom is -0.452 e. The Kier molecular flexibility index (Phi) is 5.96. The second kappa shape index (κ2) is 8.86. The summed E-state index contributed by atoms with van der Waals surface area (Å²) in [6, 6.07) is 16.6. The summed E-state index contributed by atoms with van der Waals surface area (Å²) < 4.78 is 5.08. The van der Waals surface area contributed by atoms with Crippen LogP contribution in [0.5, 0.6) is 0 Å². The normalized spacial score (nSPS) is 13.9. The van der Waals surface area contributed by atoms with Crippen molar-refractivity contribution in [1.29, 1.82) is 0 Å². The quantitative estimate of drug-likeness (QED) is 0.459. The number of amides is 3. The number of ether oxygens (including phenoxy) is 1. The molecule has 7 nitrogen and oxygen atoms in total. The maximum Gasteiger partial charge on any atom is 0.338 e. The molecule has 1 atom stereocenters. The van der Waals surface area contributed by atoms with E-state index in [4.69, 9.17) is 4.74 Å². The van der Waals surface area contributed by atoms with Gasteiger partial charge >= 0.3 is 5.97 Å². The van der Waals surface area contributed by atoms with Crippen molar-refractivity contribution in [1.82, 2.24) is 5.32 Å². The summed E-state index contributed by atoms with van der Waals surface area (Å²) in [5, 5.41) is 4.25. The number of esters is 1. The first kappa shape index (κ1) is 22.2. The molecule has 168 valence electrons. The molecular formula is C26H24N2O5. The third kappa shape index (κ3) is 4.22. The molecule has 0 radical (unpaired) electrons. The largest absolute Gasteiger partial charge is 0.452 e. The molecule has 0 aromatic heterocycles. The van der Waals surface area contributed by atoms with Gasteiger partial charge in [0.2, 0.25) is 0 Å². The molecule has 33 heavy (non-hydrogen) atoms. The number of anilines is 1. The first-order chi connectivity index (χ1) is 15.8. The number of carbonyl (C=O) groups excluding carboxylic acids is 4. The van der Waals surface area contributed by atoms with E-state index in [1.54, 1.807) is 24.3 Å². The van der Waals surface area contributed by atoms with Gasteiger partial charge in [0.15, 0.2) is 6.61 Å². The maximum absolute atomic E-state index is 13.1. The van der Waals surface area contributed by atoms with Gasteiger partial charge in [-0.2, -0.15) is 0 Å². The van der Waals surface area contributed by atoms with Gasteiger partial charge in [-0.25, -0.2) is 9.69 Å². The number of hydrogen-bond donors (Lipinski definition) is 1. The summed E-state index contributed by atoms with van der Waals surface area (Å²) in [4.78, 5) is 51.6. The predicted octanol–water partition coefficient (Wildman–Crippen LogP) is 3.96. The Balaban J connectivity index is 1.49. The highest BCUT2D eigenvalue weighted by Crippen LogP contribution is 2.32. The Morgan fingerprint density at radius 3 is 2.00 bits per heavy atom. The lowest BCUT2D eigenvalue weighted by Gasteiger charge is -2.27. The van der Waals surface area contributed by atoms with E-state index >= 15 is 0 Å². The molecule has 1 aliphatic heterocycles. The van der Waals surface area contributed by atoms with Crippen LogP contribution in [0.1, 0.15) is 51.8 Å². The number of nitrogens with zero attached hydrogens (tertiary/aromatic N) is 1. The molecule has 1 aliphatic rings. The average molecular weight is 444 g/mol. The Morgan fingerprint density at radius 2 is 1.45 bits per heavy atom. The molecule has 7 heteroatoms. The Hall–Kier alpha value is -4.00. The molecule has 4 rings (SSSR count). The number of nitrogens with one attached hydrogen (secondary N) is 1. The van der Waals surface area contributed by atoms with Crippen LogP contribution in [0.3, 0.4) is 0 Å².